The van der Waals surface area contributed by atoms with E-state index in [9.17, 15) is 9.59 Å². The number of nitrogens with one attached hydrogen (secondary N) is 1. The molecule has 4 rings (SSSR count). The number of nitrogens with zero attached hydrogens (tertiary/aromatic N) is 3. The third kappa shape index (κ3) is 5.44. The minimum absolute atomic E-state index is 0.0130. The summed E-state index contributed by atoms with van der Waals surface area (Å²) in [5.41, 5.74) is 2.25. The Morgan fingerprint density at radius 2 is 1.59 bits per heavy atom. The number of rotatable bonds is 8. The van der Waals surface area contributed by atoms with Gasteiger partial charge in [-0.15, -0.1) is 21.8 Å². The van der Waals surface area contributed by atoms with E-state index in [0.717, 1.165) is 5.56 Å². The fourth-order valence-corrected chi connectivity index (χ4v) is 3.73. The van der Waals surface area contributed by atoms with E-state index in [1.165, 1.54) is 0 Å². The maximum absolute atomic E-state index is 13.3. The van der Waals surface area contributed by atoms with Crippen LogP contribution >= 0.6 is 23.2 Å². The Morgan fingerprint density at radius 1 is 0.912 bits per heavy atom. The number of hydrogen-bond donors (Lipinski definition) is 1. The van der Waals surface area contributed by atoms with Crippen molar-refractivity contribution >= 4 is 35.1 Å². The number of carbonyl (C=O) groups excluding carboxylic acids is 2. The molecule has 9 heteroatoms. The van der Waals surface area contributed by atoms with Crippen molar-refractivity contribution in [1.29, 1.82) is 0 Å². The molecule has 0 aliphatic carbocycles. The standard InChI is InChI=1S/C25H20Cl2N4O3/c26-14-22-29-30-23(15-28-25(33)34-16-17-7-3-1-4-8-17)31(22)21-12-11-19(27)13-20(21)24(32)18-9-5-2-6-10-18/h1-13H,14-16H2,(H,28,33). The number of ketones is 1. The minimum atomic E-state index is -0.609. The lowest BCUT2D eigenvalue weighted by molar-refractivity contribution is 0.103. The predicted octanol–water partition coefficient (Wildman–Crippen LogP) is 5.32. The van der Waals surface area contributed by atoms with Crippen LogP contribution in [-0.2, 0) is 23.8 Å². The normalized spacial score (nSPS) is 10.6. The van der Waals surface area contributed by atoms with Crippen LogP contribution in [0.15, 0.2) is 78.9 Å². The Kier molecular flexibility index (Phi) is 7.57. The molecule has 0 atom stereocenters. The number of hydrogen-bond acceptors (Lipinski definition) is 5. The molecule has 0 saturated heterocycles. The van der Waals surface area contributed by atoms with E-state index in [-0.39, 0.29) is 24.8 Å². The second-order valence-electron chi connectivity index (χ2n) is 7.27. The zero-order chi connectivity index (χ0) is 23.9. The van der Waals surface area contributed by atoms with Gasteiger partial charge in [-0.2, -0.15) is 0 Å². The van der Waals surface area contributed by atoms with E-state index in [1.54, 1.807) is 47.0 Å². The molecule has 3 aromatic carbocycles. The Morgan fingerprint density at radius 3 is 2.29 bits per heavy atom. The largest absolute Gasteiger partial charge is 0.445 e. The van der Waals surface area contributed by atoms with Gasteiger partial charge in [-0.25, -0.2) is 4.79 Å². The van der Waals surface area contributed by atoms with E-state index in [0.29, 0.717) is 33.5 Å². The van der Waals surface area contributed by atoms with Crippen molar-refractivity contribution in [2.24, 2.45) is 0 Å². The summed E-state index contributed by atoms with van der Waals surface area (Å²) in [6, 6.07) is 23.2. The predicted molar refractivity (Wildman–Crippen MR) is 129 cm³/mol. The minimum Gasteiger partial charge on any atom is -0.445 e. The first-order valence-corrected chi connectivity index (χ1v) is 11.3. The quantitative estimate of drug-likeness (QED) is 0.264. The van der Waals surface area contributed by atoms with E-state index >= 15 is 0 Å². The van der Waals surface area contributed by atoms with Crippen LogP contribution in [0.1, 0.15) is 33.1 Å². The number of alkyl carbamates (subject to hydrolysis) is 1. The lowest BCUT2D eigenvalue weighted by Gasteiger charge is -2.15. The van der Waals surface area contributed by atoms with Gasteiger partial charge in [0.1, 0.15) is 6.61 Å². The van der Waals surface area contributed by atoms with Crippen LogP contribution in [-0.4, -0.2) is 26.6 Å². The molecule has 0 saturated carbocycles. The van der Waals surface area contributed by atoms with Gasteiger partial charge in [0.05, 0.1) is 18.1 Å². The average molecular weight is 495 g/mol. The summed E-state index contributed by atoms with van der Waals surface area (Å²) in [4.78, 5) is 25.5. The van der Waals surface area contributed by atoms with Crippen molar-refractivity contribution in [2.45, 2.75) is 19.0 Å². The topological polar surface area (TPSA) is 86.1 Å². The summed E-state index contributed by atoms with van der Waals surface area (Å²) in [7, 11) is 0. The Balaban J connectivity index is 1.59. The van der Waals surface area contributed by atoms with Crippen molar-refractivity contribution in [3.63, 3.8) is 0 Å². The zero-order valence-electron chi connectivity index (χ0n) is 17.9. The molecular weight excluding hydrogens is 475 g/mol. The highest BCUT2D eigenvalue weighted by Gasteiger charge is 2.21. The molecule has 0 aliphatic rings. The van der Waals surface area contributed by atoms with Crippen molar-refractivity contribution in [3.05, 3.63) is 112 Å². The van der Waals surface area contributed by atoms with Gasteiger partial charge in [-0.05, 0) is 23.8 Å². The van der Waals surface area contributed by atoms with Crippen molar-refractivity contribution in [3.8, 4) is 5.69 Å². The van der Waals surface area contributed by atoms with Gasteiger partial charge in [0.15, 0.2) is 17.4 Å². The van der Waals surface area contributed by atoms with Gasteiger partial charge in [0.2, 0.25) is 0 Å². The zero-order valence-corrected chi connectivity index (χ0v) is 19.5. The van der Waals surface area contributed by atoms with E-state index in [4.69, 9.17) is 27.9 Å². The second-order valence-corrected chi connectivity index (χ2v) is 7.98. The summed E-state index contributed by atoms with van der Waals surface area (Å²) >= 11 is 12.3. The molecule has 1 heterocycles. The van der Waals surface area contributed by atoms with Gasteiger partial charge in [-0.1, -0.05) is 72.3 Å². The molecule has 0 radical (unpaired) electrons. The van der Waals surface area contributed by atoms with Crippen molar-refractivity contribution < 1.29 is 14.3 Å². The molecule has 0 spiro atoms. The van der Waals surface area contributed by atoms with Crippen LogP contribution in [0.2, 0.25) is 5.02 Å². The van der Waals surface area contributed by atoms with Crippen molar-refractivity contribution in [1.82, 2.24) is 20.1 Å². The average Bonchev–Trinajstić information content (AvgIpc) is 3.29. The molecule has 1 N–H and O–H groups in total. The van der Waals surface area contributed by atoms with Gasteiger partial charge < -0.3 is 10.1 Å². The monoisotopic (exact) mass is 494 g/mol. The fraction of sp³-hybridized carbons (Fsp3) is 0.120. The number of aromatic nitrogens is 3. The molecule has 0 fully saturated rings. The van der Waals surface area contributed by atoms with Crippen LogP contribution in [0.4, 0.5) is 4.79 Å². The number of benzene rings is 3. The van der Waals surface area contributed by atoms with Crippen LogP contribution in [0.5, 0.6) is 0 Å². The maximum atomic E-state index is 13.3. The molecule has 34 heavy (non-hydrogen) atoms. The fourth-order valence-electron chi connectivity index (χ4n) is 3.39. The third-order valence-electron chi connectivity index (χ3n) is 5.00. The summed E-state index contributed by atoms with van der Waals surface area (Å²) in [5.74, 6) is 0.637. The molecule has 0 bridgehead atoms. The second kappa shape index (κ2) is 11.0. The molecule has 4 aromatic rings. The summed E-state index contributed by atoms with van der Waals surface area (Å²) < 4.78 is 6.91. The summed E-state index contributed by atoms with van der Waals surface area (Å²) in [6.07, 6.45) is -0.609. The molecule has 172 valence electrons. The molecule has 1 amide bonds. The Bertz CT molecular complexity index is 1290. The van der Waals surface area contributed by atoms with E-state index in [2.05, 4.69) is 15.5 Å². The molecular formula is C25H20Cl2N4O3. The van der Waals surface area contributed by atoms with Crippen LogP contribution in [0, 0.1) is 0 Å². The number of alkyl halides is 1. The smallest absolute Gasteiger partial charge is 0.407 e. The molecule has 0 unspecified atom stereocenters. The van der Waals surface area contributed by atoms with Gasteiger partial charge in [-0.3, -0.25) is 9.36 Å². The van der Waals surface area contributed by atoms with Crippen molar-refractivity contribution in [2.75, 3.05) is 0 Å². The van der Waals surface area contributed by atoms with Crippen LogP contribution in [0.25, 0.3) is 5.69 Å². The number of amides is 1. The lowest BCUT2D eigenvalue weighted by Crippen LogP contribution is -2.25. The van der Waals surface area contributed by atoms with Gasteiger partial charge in [0.25, 0.3) is 0 Å². The third-order valence-corrected chi connectivity index (χ3v) is 5.47. The number of ether oxygens (including phenoxy) is 1. The lowest BCUT2D eigenvalue weighted by atomic mass is 10.0. The molecule has 0 aliphatic heterocycles. The highest BCUT2D eigenvalue weighted by atomic mass is 35.5. The van der Waals surface area contributed by atoms with Crippen LogP contribution < -0.4 is 5.32 Å². The van der Waals surface area contributed by atoms with Gasteiger partial charge >= 0.3 is 6.09 Å². The maximum Gasteiger partial charge on any atom is 0.407 e. The first kappa shape index (κ1) is 23.5. The highest BCUT2D eigenvalue weighted by Crippen LogP contribution is 2.25. The summed E-state index contributed by atoms with van der Waals surface area (Å²) in [6.45, 7) is 0.151. The summed E-state index contributed by atoms with van der Waals surface area (Å²) in [5, 5.41) is 11.4. The Labute approximate surface area is 206 Å². The first-order chi connectivity index (χ1) is 16.6. The highest BCUT2D eigenvalue weighted by molar-refractivity contribution is 6.31. The molecule has 7 nitrogen and oxygen atoms in total. The van der Waals surface area contributed by atoms with E-state index < -0.39 is 6.09 Å². The Hall–Kier alpha value is -3.68. The number of carbonyl (C=O) groups is 2. The van der Waals surface area contributed by atoms with E-state index in [1.807, 2.05) is 36.4 Å². The van der Waals surface area contributed by atoms with Crippen LogP contribution in [0.3, 0.4) is 0 Å². The molecule has 1 aromatic heterocycles. The SMILES string of the molecule is O=C(NCc1nnc(CCl)n1-c1ccc(Cl)cc1C(=O)c1ccccc1)OCc1ccccc1. The van der Waals surface area contributed by atoms with Gasteiger partial charge in [0, 0.05) is 16.1 Å². The number of halogens is 2. The first-order valence-electron chi connectivity index (χ1n) is 10.4.